The van der Waals surface area contributed by atoms with Crippen molar-refractivity contribution >= 4 is 18.5 Å². The minimum atomic E-state index is -5.58. The lowest BCUT2D eigenvalue weighted by molar-refractivity contribution is -0.239. The third-order valence-corrected chi connectivity index (χ3v) is 5.09. The van der Waals surface area contributed by atoms with Crippen molar-refractivity contribution in [2.45, 2.75) is 11.8 Å². The van der Waals surface area contributed by atoms with Crippen LogP contribution in [-0.2, 0) is 0 Å². The fourth-order valence-electron chi connectivity index (χ4n) is 1.75. The normalized spacial score (nSPS) is 12.7. The summed E-state index contributed by atoms with van der Waals surface area (Å²) in [5.74, 6) is 0. The molecule has 0 fully saturated rings. The zero-order valence-electron chi connectivity index (χ0n) is 10.1. The third-order valence-electron chi connectivity index (χ3n) is 2.65. The highest BCUT2D eigenvalue weighted by Gasteiger charge is 2.63. The Kier molecular flexibility index (Phi) is 4.09. The molecule has 0 aromatic heterocycles. The highest BCUT2D eigenvalue weighted by atomic mass is 31.1. The molecule has 0 aliphatic heterocycles. The highest BCUT2D eigenvalue weighted by molar-refractivity contribution is 7.74. The van der Waals surface area contributed by atoms with Crippen molar-refractivity contribution in [3.05, 3.63) is 60.7 Å². The second-order valence-electron chi connectivity index (χ2n) is 4.05. The predicted molar refractivity (Wildman–Crippen MR) is 70.1 cm³/mol. The number of hydrogen-bond donors (Lipinski definition) is 0. The molecule has 0 saturated heterocycles. The van der Waals surface area contributed by atoms with Crippen LogP contribution in [-0.4, -0.2) is 11.8 Å². The molecule has 0 bridgehead atoms. The van der Waals surface area contributed by atoms with Gasteiger partial charge in [-0.1, -0.05) is 60.7 Å². The molecule has 0 N–H and O–H groups in total. The van der Waals surface area contributed by atoms with Gasteiger partial charge in [-0.15, -0.1) is 0 Å². The average Bonchev–Trinajstić information content (AvgIpc) is 2.40. The number of rotatable bonds is 3. The summed E-state index contributed by atoms with van der Waals surface area (Å²) in [6, 6.07) is 14.2. The molecule has 0 amide bonds. The number of halogens is 5. The topological polar surface area (TPSA) is 0 Å². The van der Waals surface area contributed by atoms with Gasteiger partial charge >= 0.3 is 11.8 Å². The van der Waals surface area contributed by atoms with Crippen molar-refractivity contribution in [1.82, 2.24) is 0 Å². The van der Waals surface area contributed by atoms with Crippen LogP contribution in [0.2, 0.25) is 0 Å². The fourth-order valence-corrected chi connectivity index (χ4v) is 3.90. The first-order valence-corrected chi connectivity index (χ1v) is 7.03. The maximum absolute atomic E-state index is 13.9. The largest absolute Gasteiger partial charge is 0.458 e. The van der Waals surface area contributed by atoms with Gasteiger partial charge in [0, 0.05) is 7.92 Å². The van der Waals surface area contributed by atoms with Gasteiger partial charge in [-0.25, -0.2) is 0 Å². The van der Waals surface area contributed by atoms with Gasteiger partial charge < -0.3 is 0 Å². The Balaban J connectivity index is 2.57. The van der Waals surface area contributed by atoms with Crippen molar-refractivity contribution in [3.8, 4) is 0 Å². The van der Waals surface area contributed by atoms with E-state index in [1.54, 1.807) is 12.1 Å². The molecular weight excluding hydrogens is 294 g/mol. The van der Waals surface area contributed by atoms with E-state index in [9.17, 15) is 22.0 Å². The smallest absolute Gasteiger partial charge is 0.191 e. The van der Waals surface area contributed by atoms with Gasteiger partial charge in [0.2, 0.25) is 0 Å². The Morgan fingerprint density at radius 1 is 0.600 bits per heavy atom. The van der Waals surface area contributed by atoms with E-state index in [0.717, 1.165) is 0 Å². The summed E-state index contributed by atoms with van der Waals surface area (Å²) < 4.78 is 65.9. The average molecular weight is 304 g/mol. The van der Waals surface area contributed by atoms with Crippen molar-refractivity contribution in [1.29, 1.82) is 0 Å². The monoisotopic (exact) mass is 304 g/mol. The van der Waals surface area contributed by atoms with Gasteiger partial charge in [0.1, 0.15) is 0 Å². The molecule has 0 nitrogen and oxygen atoms in total. The summed E-state index contributed by atoms with van der Waals surface area (Å²) in [5, 5.41) is -0.00736. The fraction of sp³-hybridized carbons (Fsp3) is 0.143. The summed E-state index contributed by atoms with van der Waals surface area (Å²) in [7, 11) is -2.84. The van der Waals surface area contributed by atoms with Gasteiger partial charge in [0.05, 0.1) is 0 Å². The predicted octanol–water partition coefficient (Wildman–Crippen LogP) is 4.27. The van der Waals surface area contributed by atoms with Crippen LogP contribution in [0.15, 0.2) is 60.7 Å². The zero-order valence-corrected chi connectivity index (χ0v) is 11.0. The summed E-state index contributed by atoms with van der Waals surface area (Å²) in [6.45, 7) is 0. The van der Waals surface area contributed by atoms with Gasteiger partial charge in [0.25, 0.3) is 0 Å². The van der Waals surface area contributed by atoms with E-state index in [1.165, 1.54) is 48.5 Å². The molecule has 0 atom stereocenters. The molecule has 0 aliphatic rings. The van der Waals surface area contributed by atoms with Crippen molar-refractivity contribution in [3.63, 3.8) is 0 Å². The van der Waals surface area contributed by atoms with E-state index in [2.05, 4.69) is 0 Å². The summed E-state index contributed by atoms with van der Waals surface area (Å²) in [5.41, 5.74) is -4.77. The lowest BCUT2D eigenvalue weighted by Gasteiger charge is -2.29. The Hall–Kier alpha value is -1.48. The first-order chi connectivity index (χ1) is 9.34. The summed E-state index contributed by atoms with van der Waals surface area (Å²) in [6.07, 6.45) is -5.58. The Morgan fingerprint density at radius 2 is 0.950 bits per heavy atom. The summed E-state index contributed by atoms with van der Waals surface area (Å²) in [4.78, 5) is 0. The molecule has 0 aliphatic carbocycles. The van der Waals surface area contributed by atoms with Gasteiger partial charge in [-0.2, -0.15) is 22.0 Å². The van der Waals surface area contributed by atoms with Crippen LogP contribution >= 0.6 is 7.92 Å². The molecule has 2 aromatic rings. The van der Waals surface area contributed by atoms with Crippen LogP contribution in [0.25, 0.3) is 0 Å². The van der Waals surface area contributed by atoms with E-state index in [4.69, 9.17) is 0 Å². The minimum absolute atomic E-state index is 0.00368. The zero-order chi connectivity index (χ0) is 14.8. The molecule has 2 rings (SSSR count). The van der Waals surface area contributed by atoms with E-state index in [-0.39, 0.29) is 10.6 Å². The number of benzene rings is 2. The SMILES string of the molecule is FC(F)(F)C(F)(F)P(c1ccccc1)c1ccccc1. The van der Waals surface area contributed by atoms with Gasteiger partial charge in [-0.05, 0) is 10.6 Å². The molecule has 0 saturated carbocycles. The van der Waals surface area contributed by atoms with Gasteiger partial charge in [0.15, 0.2) is 0 Å². The van der Waals surface area contributed by atoms with E-state index >= 15 is 0 Å². The van der Waals surface area contributed by atoms with E-state index in [0.29, 0.717) is 0 Å². The number of hydrogen-bond acceptors (Lipinski definition) is 0. The van der Waals surface area contributed by atoms with E-state index in [1.807, 2.05) is 0 Å². The maximum Gasteiger partial charge on any atom is 0.458 e. The minimum Gasteiger partial charge on any atom is -0.191 e. The van der Waals surface area contributed by atoms with E-state index < -0.39 is 19.8 Å². The Morgan fingerprint density at radius 3 is 1.25 bits per heavy atom. The molecule has 0 unspecified atom stereocenters. The van der Waals surface area contributed by atoms with Crippen LogP contribution in [0, 0.1) is 0 Å². The summed E-state index contributed by atoms with van der Waals surface area (Å²) >= 11 is 0. The standard InChI is InChI=1S/C14H10F5P/c15-13(16,17)14(18,19)20(11-7-3-1-4-8-11)12-9-5-2-6-10-12/h1-10H. The first kappa shape index (κ1) is 14.9. The molecule has 0 spiro atoms. The first-order valence-electron chi connectivity index (χ1n) is 5.69. The Bertz CT molecular complexity index is 511. The van der Waals surface area contributed by atoms with Crippen molar-refractivity contribution < 1.29 is 22.0 Å². The lowest BCUT2D eigenvalue weighted by Crippen LogP contribution is -2.40. The molecule has 20 heavy (non-hydrogen) atoms. The molecular formula is C14H10F5P. The quantitative estimate of drug-likeness (QED) is 0.586. The van der Waals surface area contributed by atoms with Crippen LogP contribution < -0.4 is 10.6 Å². The molecule has 106 valence electrons. The molecule has 6 heteroatoms. The second kappa shape index (κ2) is 5.49. The van der Waals surface area contributed by atoms with Crippen LogP contribution in [0.4, 0.5) is 22.0 Å². The molecule has 0 radical (unpaired) electrons. The maximum atomic E-state index is 13.9. The second-order valence-corrected chi connectivity index (χ2v) is 6.31. The number of alkyl halides is 5. The van der Waals surface area contributed by atoms with Crippen molar-refractivity contribution in [2.24, 2.45) is 0 Å². The van der Waals surface area contributed by atoms with Crippen LogP contribution in [0.3, 0.4) is 0 Å². The van der Waals surface area contributed by atoms with Crippen molar-refractivity contribution in [2.75, 3.05) is 0 Å². The molecule has 0 heterocycles. The Labute approximate surface area is 114 Å². The molecule has 2 aromatic carbocycles. The van der Waals surface area contributed by atoms with Crippen LogP contribution in [0.1, 0.15) is 0 Å². The lowest BCUT2D eigenvalue weighted by atomic mass is 10.4. The van der Waals surface area contributed by atoms with Gasteiger partial charge in [-0.3, -0.25) is 0 Å². The third kappa shape index (κ3) is 2.83. The highest BCUT2D eigenvalue weighted by Crippen LogP contribution is 2.58. The van der Waals surface area contributed by atoms with Crippen LogP contribution in [0.5, 0.6) is 0 Å².